The molecule has 5 heteroatoms. The highest BCUT2D eigenvalue weighted by Gasteiger charge is 2.28. The number of hydrogen-bond donors (Lipinski definition) is 2. The van der Waals surface area contributed by atoms with E-state index < -0.39 is 0 Å². The van der Waals surface area contributed by atoms with Gasteiger partial charge >= 0.3 is 0 Å². The number of amides is 2. The maximum Gasteiger partial charge on any atom is 0.280 e. The second kappa shape index (κ2) is 10.0. The number of nitrogens with zero attached hydrogens (tertiary/aromatic N) is 1. The molecule has 0 aromatic heterocycles. The molecule has 150 valence electrons. The Labute approximate surface area is 168 Å². The lowest BCUT2D eigenvalue weighted by Crippen LogP contribution is -3.15. The molecule has 0 saturated carbocycles. The minimum atomic E-state index is -0.299. The van der Waals surface area contributed by atoms with Crippen LogP contribution in [-0.2, 0) is 16.1 Å². The Bertz CT molecular complexity index is 784. The van der Waals surface area contributed by atoms with E-state index in [1.807, 2.05) is 88.2 Å². The van der Waals surface area contributed by atoms with Gasteiger partial charge in [-0.25, -0.2) is 0 Å². The molecule has 0 aliphatic carbocycles. The molecule has 0 fully saturated rings. The minimum Gasteiger partial charge on any atom is -0.334 e. The average Bonchev–Trinajstić information content (AvgIpc) is 2.68. The summed E-state index contributed by atoms with van der Waals surface area (Å²) in [6.07, 6.45) is 0. The first-order chi connectivity index (χ1) is 13.3. The lowest BCUT2D eigenvalue weighted by atomic mass is 10.1. The first kappa shape index (κ1) is 21.6. The smallest absolute Gasteiger partial charge is 0.280 e. The topological polar surface area (TPSA) is 53.9 Å². The fourth-order valence-corrected chi connectivity index (χ4v) is 3.24. The molecule has 0 radical (unpaired) electrons. The van der Waals surface area contributed by atoms with Crippen LogP contribution in [0.1, 0.15) is 30.5 Å². The number of carbonyl (C=O) groups excluding carboxylic acids is 2. The van der Waals surface area contributed by atoms with Gasteiger partial charge in [0.05, 0.1) is 7.05 Å². The van der Waals surface area contributed by atoms with Crippen LogP contribution in [0.25, 0.3) is 0 Å². The molecule has 2 N–H and O–H groups in total. The fourth-order valence-electron chi connectivity index (χ4n) is 3.24. The number of likely N-dealkylation sites (N-methyl/N-ethyl adjacent to an activating group) is 2. The summed E-state index contributed by atoms with van der Waals surface area (Å²) in [5, 5.41) is 3.00. The van der Waals surface area contributed by atoms with E-state index in [0.717, 1.165) is 27.3 Å². The van der Waals surface area contributed by atoms with E-state index in [2.05, 4.69) is 5.32 Å². The van der Waals surface area contributed by atoms with E-state index in [1.165, 1.54) is 0 Å². The standard InChI is InChI=1S/C23H31N3O2/c1-6-26(15-20-13-8-7-9-14-20)23(28)19(4)25(5)16-21(27)24-22-17(2)11-10-12-18(22)3/h7-14,19H,6,15-16H2,1-5H3,(H,24,27)/p+1/t19-/m1/s1. The molecule has 2 rings (SSSR count). The summed E-state index contributed by atoms with van der Waals surface area (Å²) in [7, 11) is 1.89. The lowest BCUT2D eigenvalue weighted by Gasteiger charge is -2.27. The second-order valence-electron chi connectivity index (χ2n) is 7.40. The maximum absolute atomic E-state index is 12.9. The van der Waals surface area contributed by atoms with Crippen LogP contribution in [0.15, 0.2) is 48.5 Å². The molecule has 2 amide bonds. The number of benzene rings is 2. The van der Waals surface area contributed by atoms with Gasteiger partial charge in [-0.05, 0) is 44.4 Å². The molecule has 0 heterocycles. The van der Waals surface area contributed by atoms with E-state index in [1.54, 1.807) is 0 Å². The Morgan fingerprint density at radius 1 is 1.04 bits per heavy atom. The van der Waals surface area contributed by atoms with E-state index in [4.69, 9.17) is 0 Å². The van der Waals surface area contributed by atoms with Crippen molar-refractivity contribution in [2.75, 3.05) is 25.5 Å². The number of rotatable bonds is 8. The number of quaternary nitrogens is 1. The van der Waals surface area contributed by atoms with Crippen molar-refractivity contribution < 1.29 is 14.5 Å². The second-order valence-corrected chi connectivity index (χ2v) is 7.40. The highest BCUT2D eigenvalue weighted by molar-refractivity contribution is 5.93. The number of hydrogen-bond acceptors (Lipinski definition) is 2. The van der Waals surface area contributed by atoms with Crippen molar-refractivity contribution in [2.24, 2.45) is 0 Å². The van der Waals surface area contributed by atoms with Gasteiger partial charge in [0, 0.05) is 18.8 Å². The van der Waals surface area contributed by atoms with Crippen LogP contribution < -0.4 is 10.2 Å². The van der Waals surface area contributed by atoms with Gasteiger partial charge in [-0.2, -0.15) is 0 Å². The van der Waals surface area contributed by atoms with Crippen molar-refractivity contribution >= 4 is 17.5 Å². The van der Waals surface area contributed by atoms with Crippen LogP contribution in [-0.4, -0.2) is 42.9 Å². The minimum absolute atomic E-state index is 0.0590. The first-order valence-corrected chi connectivity index (χ1v) is 9.84. The lowest BCUT2D eigenvalue weighted by molar-refractivity contribution is -0.886. The van der Waals surface area contributed by atoms with Crippen molar-refractivity contribution in [1.29, 1.82) is 0 Å². The molecular weight excluding hydrogens is 350 g/mol. The molecule has 2 aromatic carbocycles. The summed E-state index contributed by atoms with van der Waals surface area (Å²) < 4.78 is 0. The molecule has 28 heavy (non-hydrogen) atoms. The Kier molecular flexibility index (Phi) is 7.76. The number of para-hydroxylation sites is 1. The van der Waals surface area contributed by atoms with Gasteiger partial charge in [-0.3, -0.25) is 9.59 Å². The molecule has 1 unspecified atom stereocenters. The molecule has 5 nitrogen and oxygen atoms in total. The molecule has 0 saturated heterocycles. The van der Waals surface area contributed by atoms with Crippen LogP contribution in [0.3, 0.4) is 0 Å². The average molecular weight is 383 g/mol. The number of aryl methyl sites for hydroxylation is 2. The molecule has 2 atom stereocenters. The highest BCUT2D eigenvalue weighted by Crippen LogP contribution is 2.18. The molecular formula is C23H32N3O2+. The van der Waals surface area contributed by atoms with Crippen LogP contribution >= 0.6 is 0 Å². The number of anilines is 1. The Balaban J connectivity index is 1.97. The van der Waals surface area contributed by atoms with Gasteiger partial charge in [-0.1, -0.05) is 48.5 Å². The van der Waals surface area contributed by atoms with Crippen molar-refractivity contribution in [1.82, 2.24) is 4.90 Å². The van der Waals surface area contributed by atoms with Gasteiger partial charge in [0.2, 0.25) is 0 Å². The van der Waals surface area contributed by atoms with Gasteiger partial charge in [0.15, 0.2) is 12.6 Å². The quantitative estimate of drug-likeness (QED) is 0.735. The van der Waals surface area contributed by atoms with E-state index in [9.17, 15) is 9.59 Å². The van der Waals surface area contributed by atoms with Gasteiger partial charge < -0.3 is 15.1 Å². The van der Waals surface area contributed by atoms with Crippen molar-refractivity contribution in [2.45, 2.75) is 40.3 Å². The van der Waals surface area contributed by atoms with Crippen LogP contribution in [0.5, 0.6) is 0 Å². The van der Waals surface area contributed by atoms with Gasteiger partial charge in [0.25, 0.3) is 11.8 Å². The zero-order valence-electron chi connectivity index (χ0n) is 17.6. The summed E-state index contributed by atoms with van der Waals surface area (Å²) in [6.45, 7) is 9.29. The number of carbonyl (C=O) groups is 2. The Morgan fingerprint density at radius 2 is 1.64 bits per heavy atom. The number of nitrogens with one attached hydrogen (secondary N) is 2. The van der Waals surface area contributed by atoms with Crippen LogP contribution in [0.4, 0.5) is 5.69 Å². The van der Waals surface area contributed by atoms with E-state index in [0.29, 0.717) is 13.1 Å². The molecule has 0 aliphatic rings. The Hall–Kier alpha value is -2.66. The normalized spacial score (nSPS) is 12.9. The Morgan fingerprint density at radius 3 is 2.21 bits per heavy atom. The summed E-state index contributed by atoms with van der Waals surface area (Å²) in [5.74, 6) is -0.0237. The van der Waals surface area contributed by atoms with Crippen molar-refractivity contribution in [3.8, 4) is 0 Å². The van der Waals surface area contributed by atoms with Crippen molar-refractivity contribution in [3.05, 3.63) is 65.2 Å². The van der Waals surface area contributed by atoms with Crippen LogP contribution in [0, 0.1) is 13.8 Å². The third kappa shape index (κ3) is 5.67. The maximum atomic E-state index is 12.9. The summed E-state index contributed by atoms with van der Waals surface area (Å²) in [6, 6.07) is 15.6. The van der Waals surface area contributed by atoms with Gasteiger partial charge in [-0.15, -0.1) is 0 Å². The van der Waals surface area contributed by atoms with Crippen molar-refractivity contribution in [3.63, 3.8) is 0 Å². The summed E-state index contributed by atoms with van der Waals surface area (Å²) >= 11 is 0. The molecule has 0 bridgehead atoms. The highest BCUT2D eigenvalue weighted by atomic mass is 16.2. The predicted octanol–water partition coefficient (Wildman–Crippen LogP) is 2.19. The van der Waals surface area contributed by atoms with Gasteiger partial charge in [0.1, 0.15) is 0 Å². The molecule has 0 aliphatic heterocycles. The largest absolute Gasteiger partial charge is 0.334 e. The van der Waals surface area contributed by atoms with E-state index >= 15 is 0 Å². The molecule has 0 spiro atoms. The zero-order valence-corrected chi connectivity index (χ0v) is 17.6. The third-order valence-corrected chi connectivity index (χ3v) is 5.20. The SMILES string of the molecule is CCN(Cc1ccccc1)C(=O)[C@@H](C)[NH+](C)CC(=O)Nc1c(C)cccc1C. The summed E-state index contributed by atoms with van der Waals surface area (Å²) in [5.41, 5.74) is 4.04. The van der Waals surface area contributed by atoms with E-state index in [-0.39, 0.29) is 24.4 Å². The zero-order chi connectivity index (χ0) is 20.7. The third-order valence-electron chi connectivity index (χ3n) is 5.20. The summed E-state index contributed by atoms with van der Waals surface area (Å²) in [4.78, 5) is 28.2. The first-order valence-electron chi connectivity index (χ1n) is 9.84. The van der Waals surface area contributed by atoms with Crippen LogP contribution in [0.2, 0.25) is 0 Å². The monoisotopic (exact) mass is 382 g/mol. The molecule has 2 aromatic rings. The predicted molar refractivity (Wildman–Crippen MR) is 113 cm³/mol. The fraction of sp³-hybridized carbons (Fsp3) is 0.391.